The molecule has 1 heterocycles. The Balaban J connectivity index is 2.21. The third-order valence-corrected chi connectivity index (χ3v) is 3.13. The van der Waals surface area contributed by atoms with Gasteiger partial charge in [0, 0.05) is 5.56 Å². The molecule has 0 fully saturated rings. The van der Waals surface area contributed by atoms with Crippen LogP contribution >= 0.6 is 0 Å². The summed E-state index contributed by atoms with van der Waals surface area (Å²) < 4.78 is 5.36. The van der Waals surface area contributed by atoms with Crippen LogP contribution in [0.3, 0.4) is 0 Å². The van der Waals surface area contributed by atoms with Gasteiger partial charge in [0.2, 0.25) is 0 Å². The van der Waals surface area contributed by atoms with Crippen LogP contribution in [0.25, 0.3) is 0 Å². The van der Waals surface area contributed by atoms with E-state index < -0.39 is 17.9 Å². The van der Waals surface area contributed by atoms with Gasteiger partial charge in [-0.2, -0.15) is 0 Å². The predicted molar refractivity (Wildman–Crippen MR) is 77.1 cm³/mol. The van der Waals surface area contributed by atoms with Gasteiger partial charge < -0.3 is 14.8 Å². The topological polar surface area (TPSA) is 79.5 Å². The van der Waals surface area contributed by atoms with E-state index in [9.17, 15) is 9.59 Å². The van der Waals surface area contributed by atoms with Gasteiger partial charge in [-0.05, 0) is 25.5 Å². The van der Waals surface area contributed by atoms with E-state index in [4.69, 9.17) is 9.52 Å². The van der Waals surface area contributed by atoms with E-state index in [0.29, 0.717) is 5.76 Å². The average Bonchev–Trinajstić information content (AvgIpc) is 2.77. The Morgan fingerprint density at radius 2 is 1.90 bits per heavy atom. The predicted octanol–water partition coefficient (Wildman–Crippen LogP) is 2.84. The Hall–Kier alpha value is -2.56. The molecule has 5 nitrogen and oxygen atoms in total. The maximum absolute atomic E-state index is 12.2. The standard InChI is InChI=1S/C16H17NO4/c1-10-8-11(2)21-15(10)16(20)17-13(9-14(18)19)12-6-4-3-5-7-12/h3-8,13H,9H2,1-2H3,(H,17,20)(H,18,19). The minimum absolute atomic E-state index is 0.186. The first kappa shape index (κ1) is 14.8. The molecule has 0 saturated heterocycles. The summed E-state index contributed by atoms with van der Waals surface area (Å²) in [6.07, 6.45) is -0.186. The van der Waals surface area contributed by atoms with Crippen LogP contribution in [-0.4, -0.2) is 17.0 Å². The summed E-state index contributed by atoms with van der Waals surface area (Å²) in [5, 5.41) is 11.7. The zero-order valence-corrected chi connectivity index (χ0v) is 11.9. The molecule has 0 radical (unpaired) electrons. The first-order chi connectivity index (χ1) is 9.97. The van der Waals surface area contributed by atoms with Crippen molar-refractivity contribution in [3.05, 3.63) is 59.0 Å². The van der Waals surface area contributed by atoms with E-state index in [-0.39, 0.29) is 12.2 Å². The van der Waals surface area contributed by atoms with Gasteiger partial charge in [0.25, 0.3) is 5.91 Å². The fraction of sp³-hybridized carbons (Fsp3) is 0.250. The summed E-state index contributed by atoms with van der Waals surface area (Å²) in [5.41, 5.74) is 1.47. The van der Waals surface area contributed by atoms with E-state index >= 15 is 0 Å². The van der Waals surface area contributed by atoms with Crippen molar-refractivity contribution in [1.29, 1.82) is 0 Å². The quantitative estimate of drug-likeness (QED) is 0.886. The highest BCUT2D eigenvalue weighted by atomic mass is 16.4. The van der Waals surface area contributed by atoms with Crippen molar-refractivity contribution in [2.75, 3.05) is 0 Å². The van der Waals surface area contributed by atoms with Crippen LogP contribution in [0.2, 0.25) is 0 Å². The van der Waals surface area contributed by atoms with Gasteiger partial charge in [0.05, 0.1) is 12.5 Å². The molecule has 5 heteroatoms. The lowest BCUT2D eigenvalue weighted by atomic mass is 10.0. The largest absolute Gasteiger partial charge is 0.481 e. The number of carboxylic acids is 1. The van der Waals surface area contributed by atoms with Crippen LogP contribution in [0, 0.1) is 13.8 Å². The molecule has 0 bridgehead atoms. The molecule has 110 valence electrons. The van der Waals surface area contributed by atoms with Crippen LogP contribution in [0.4, 0.5) is 0 Å². The minimum atomic E-state index is -0.975. The first-order valence-corrected chi connectivity index (χ1v) is 6.62. The van der Waals surface area contributed by atoms with Crippen LogP contribution < -0.4 is 5.32 Å². The molecule has 0 spiro atoms. The Kier molecular flexibility index (Phi) is 4.42. The smallest absolute Gasteiger partial charge is 0.305 e. The van der Waals surface area contributed by atoms with Crippen molar-refractivity contribution in [1.82, 2.24) is 5.32 Å². The third-order valence-electron chi connectivity index (χ3n) is 3.13. The molecule has 2 aromatic rings. The molecule has 1 atom stereocenters. The highest BCUT2D eigenvalue weighted by Gasteiger charge is 2.21. The van der Waals surface area contributed by atoms with Crippen molar-refractivity contribution >= 4 is 11.9 Å². The number of carbonyl (C=O) groups is 2. The molecular weight excluding hydrogens is 270 g/mol. The van der Waals surface area contributed by atoms with Crippen molar-refractivity contribution in [3.8, 4) is 0 Å². The molecule has 0 saturated carbocycles. The molecular formula is C16H17NO4. The van der Waals surface area contributed by atoms with Crippen LogP contribution in [0.5, 0.6) is 0 Å². The van der Waals surface area contributed by atoms with Crippen LogP contribution in [0.15, 0.2) is 40.8 Å². The molecule has 21 heavy (non-hydrogen) atoms. The monoisotopic (exact) mass is 287 g/mol. The van der Waals surface area contributed by atoms with E-state index in [1.165, 1.54) is 0 Å². The third kappa shape index (κ3) is 3.72. The lowest BCUT2D eigenvalue weighted by Crippen LogP contribution is -2.30. The van der Waals surface area contributed by atoms with Crippen LogP contribution in [0.1, 0.15) is 39.9 Å². The summed E-state index contributed by atoms with van der Waals surface area (Å²) in [6, 6.07) is 10.2. The maximum atomic E-state index is 12.2. The van der Waals surface area contributed by atoms with Crippen LogP contribution in [-0.2, 0) is 4.79 Å². The number of rotatable bonds is 5. The molecule has 2 rings (SSSR count). The molecule has 0 aliphatic heterocycles. The minimum Gasteiger partial charge on any atom is -0.481 e. The number of amides is 1. The zero-order valence-electron chi connectivity index (χ0n) is 11.9. The number of aliphatic carboxylic acids is 1. The van der Waals surface area contributed by atoms with E-state index in [0.717, 1.165) is 11.1 Å². The van der Waals surface area contributed by atoms with Crippen molar-refractivity contribution in [2.24, 2.45) is 0 Å². The Morgan fingerprint density at radius 3 is 2.43 bits per heavy atom. The maximum Gasteiger partial charge on any atom is 0.305 e. The number of hydrogen-bond acceptors (Lipinski definition) is 3. The van der Waals surface area contributed by atoms with Gasteiger partial charge in [-0.3, -0.25) is 9.59 Å². The van der Waals surface area contributed by atoms with E-state index in [1.54, 1.807) is 44.2 Å². The summed E-state index contributed by atoms with van der Waals surface area (Å²) in [6.45, 7) is 3.54. The summed E-state index contributed by atoms with van der Waals surface area (Å²) in [5.74, 6) is -0.516. The SMILES string of the molecule is Cc1cc(C)c(C(=O)NC(CC(=O)O)c2ccccc2)o1. The fourth-order valence-corrected chi connectivity index (χ4v) is 2.20. The highest BCUT2D eigenvalue weighted by molar-refractivity contribution is 5.93. The normalized spacial score (nSPS) is 11.9. The number of hydrogen-bond donors (Lipinski definition) is 2. The number of aryl methyl sites for hydroxylation is 2. The highest BCUT2D eigenvalue weighted by Crippen LogP contribution is 2.19. The molecule has 1 aromatic carbocycles. The number of nitrogens with one attached hydrogen (secondary N) is 1. The summed E-state index contributed by atoms with van der Waals surface area (Å²) in [4.78, 5) is 23.2. The second-order valence-corrected chi connectivity index (χ2v) is 4.90. The molecule has 2 N–H and O–H groups in total. The van der Waals surface area contributed by atoms with Crippen molar-refractivity contribution in [2.45, 2.75) is 26.3 Å². The Labute approximate surface area is 122 Å². The van der Waals surface area contributed by atoms with Gasteiger partial charge in [0.1, 0.15) is 5.76 Å². The fourth-order valence-electron chi connectivity index (χ4n) is 2.20. The van der Waals surface area contributed by atoms with Crippen molar-refractivity contribution in [3.63, 3.8) is 0 Å². The molecule has 0 aliphatic rings. The zero-order chi connectivity index (χ0) is 15.4. The first-order valence-electron chi connectivity index (χ1n) is 6.62. The Morgan fingerprint density at radius 1 is 1.24 bits per heavy atom. The second kappa shape index (κ2) is 6.26. The lowest BCUT2D eigenvalue weighted by molar-refractivity contribution is -0.137. The number of benzene rings is 1. The average molecular weight is 287 g/mol. The summed E-state index contributed by atoms with van der Waals surface area (Å²) >= 11 is 0. The molecule has 1 aromatic heterocycles. The summed E-state index contributed by atoms with van der Waals surface area (Å²) in [7, 11) is 0. The molecule has 1 amide bonds. The molecule has 0 aliphatic carbocycles. The number of furan rings is 1. The second-order valence-electron chi connectivity index (χ2n) is 4.90. The number of carboxylic acid groups (broad SMARTS) is 1. The van der Waals surface area contributed by atoms with Gasteiger partial charge in [-0.15, -0.1) is 0 Å². The van der Waals surface area contributed by atoms with Gasteiger partial charge >= 0.3 is 5.97 Å². The van der Waals surface area contributed by atoms with E-state index in [2.05, 4.69) is 5.32 Å². The number of carbonyl (C=O) groups excluding carboxylic acids is 1. The van der Waals surface area contributed by atoms with Gasteiger partial charge in [-0.25, -0.2) is 0 Å². The Bertz CT molecular complexity index is 646. The lowest BCUT2D eigenvalue weighted by Gasteiger charge is -2.16. The van der Waals surface area contributed by atoms with Gasteiger partial charge in [0.15, 0.2) is 5.76 Å². The molecule has 1 unspecified atom stereocenters. The van der Waals surface area contributed by atoms with Gasteiger partial charge in [-0.1, -0.05) is 30.3 Å². The van der Waals surface area contributed by atoms with Crippen molar-refractivity contribution < 1.29 is 19.1 Å². The van der Waals surface area contributed by atoms with E-state index in [1.807, 2.05) is 6.07 Å².